The second-order valence-corrected chi connectivity index (χ2v) is 3.44. The second-order valence-electron chi connectivity index (χ2n) is 3.44. The largest absolute Gasteiger partial charge is 0.507 e. The van der Waals surface area contributed by atoms with Crippen molar-refractivity contribution in [1.29, 1.82) is 0 Å². The smallest absolute Gasteiger partial charge is 0.185 e. The standard InChI is InChI=1S/C12H12N2O2/c1-2-9-12(14-11(7-15)13-9)8-5-3-4-6-10(8)16/h3-7,16H,2H2,1H3,(H,13,14). The molecule has 0 aliphatic rings. The van der Waals surface area contributed by atoms with E-state index in [4.69, 9.17) is 0 Å². The number of phenolic OH excluding ortho intramolecular Hbond substituents is 1. The first-order chi connectivity index (χ1) is 7.76. The number of imidazole rings is 1. The average Bonchev–Trinajstić information content (AvgIpc) is 2.72. The summed E-state index contributed by atoms with van der Waals surface area (Å²) in [6.45, 7) is 1.96. The van der Waals surface area contributed by atoms with Crippen LogP contribution in [0.5, 0.6) is 5.75 Å². The van der Waals surface area contributed by atoms with E-state index in [1.165, 1.54) is 0 Å². The zero-order valence-corrected chi connectivity index (χ0v) is 8.90. The summed E-state index contributed by atoms with van der Waals surface area (Å²) < 4.78 is 0. The Bertz CT molecular complexity index is 517. The number of phenols is 1. The maximum absolute atomic E-state index is 10.6. The molecule has 1 aromatic heterocycles. The molecule has 0 atom stereocenters. The van der Waals surface area contributed by atoms with Gasteiger partial charge >= 0.3 is 0 Å². The van der Waals surface area contributed by atoms with E-state index in [1.807, 2.05) is 13.0 Å². The molecule has 0 fully saturated rings. The number of carbonyl (C=O) groups is 1. The summed E-state index contributed by atoms with van der Waals surface area (Å²) in [5, 5.41) is 9.72. The molecule has 0 saturated heterocycles. The van der Waals surface area contributed by atoms with Crippen LogP contribution >= 0.6 is 0 Å². The Morgan fingerprint density at radius 2 is 2.19 bits per heavy atom. The number of aromatic amines is 1. The van der Waals surface area contributed by atoms with Crippen LogP contribution in [0.4, 0.5) is 0 Å². The van der Waals surface area contributed by atoms with Gasteiger partial charge in [-0.15, -0.1) is 0 Å². The van der Waals surface area contributed by atoms with Crippen molar-refractivity contribution in [2.75, 3.05) is 0 Å². The molecule has 1 heterocycles. The number of rotatable bonds is 3. The first-order valence-corrected chi connectivity index (χ1v) is 5.08. The lowest BCUT2D eigenvalue weighted by Crippen LogP contribution is -1.86. The highest BCUT2D eigenvalue weighted by Crippen LogP contribution is 2.29. The average molecular weight is 216 g/mol. The third kappa shape index (κ3) is 1.69. The molecule has 0 spiro atoms. The fourth-order valence-electron chi connectivity index (χ4n) is 1.64. The van der Waals surface area contributed by atoms with Crippen molar-refractivity contribution in [2.24, 2.45) is 0 Å². The number of aryl methyl sites for hydroxylation is 1. The highest BCUT2D eigenvalue weighted by atomic mass is 16.3. The van der Waals surface area contributed by atoms with Crippen LogP contribution < -0.4 is 0 Å². The molecule has 2 N–H and O–H groups in total. The van der Waals surface area contributed by atoms with Crippen molar-refractivity contribution < 1.29 is 9.90 Å². The number of carbonyl (C=O) groups excluding carboxylic acids is 1. The lowest BCUT2D eigenvalue weighted by Gasteiger charge is -2.02. The molecule has 4 heteroatoms. The van der Waals surface area contributed by atoms with E-state index in [2.05, 4.69) is 9.97 Å². The summed E-state index contributed by atoms with van der Waals surface area (Å²) in [5.41, 5.74) is 2.13. The summed E-state index contributed by atoms with van der Waals surface area (Å²) >= 11 is 0. The van der Waals surface area contributed by atoms with Crippen molar-refractivity contribution in [2.45, 2.75) is 13.3 Å². The van der Waals surface area contributed by atoms with Gasteiger partial charge in [0, 0.05) is 11.3 Å². The maximum Gasteiger partial charge on any atom is 0.185 e. The number of H-pyrrole nitrogens is 1. The molecule has 0 aliphatic heterocycles. The molecular weight excluding hydrogens is 204 g/mol. The Morgan fingerprint density at radius 3 is 2.81 bits per heavy atom. The van der Waals surface area contributed by atoms with Crippen LogP contribution in [0, 0.1) is 0 Å². The van der Waals surface area contributed by atoms with E-state index in [0.29, 0.717) is 17.5 Å². The molecule has 0 aliphatic carbocycles. The third-order valence-electron chi connectivity index (χ3n) is 2.42. The van der Waals surface area contributed by atoms with E-state index in [9.17, 15) is 9.90 Å². The monoisotopic (exact) mass is 216 g/mol. The Labute approximate surface area is 93.0 Å². The zero-order chi connectivity index (χ0) is 11.5. The number of benzene rings is 1. The third-order valence-corrected chi connectivity index (χ3v) is 2.42. The molecule has 82 valence electrons. The SMILES string of the molecule is CCc1[nH]c(C=O)nc1-c1ccccc1O. The number of para-hydroxylation sites is 1. The lowest BCUT2D eigenvalue weighted by atomic mass is 10.1. The van der Waals surface area contributed by atoms with Crippen molar-refractivity contribution >= 4 is 6.29 Å². The minimum Gasteiger partial charge on any atom is -0.507 e. The highest BCUT2D eigenvalue weighted by Gasteiger charge is 2.13. The van der Waals surface area contributed by atoms with Gasteiger partial charge in [0.25, 0.3) is 0 Å². The first-order valence-electron chi connectivity index (χ1n) is 5.08. The van der Waals surface area contributed by atoms with Crippen LogP contribution in [0.3, 0.4) is 0 Å². The number of aromatic nitrogens is 2. The van der Waals surface area contributed by atoms with E-state index >= 15 is 0 Å². The number of aromatic hydroxyl groups is 1. The number of aldehydes is 1. The fourth-order valence-corrected chi connectivity index (χ4v) is 1.64. The summed E-state index contributed by atoms with van der Waals surface area (Å²) in [6.07, 6.45) is 1.40. The minimum atomic E-state index is 0.168. The molecule has 1 aromatic carbocycles. The van der Waals surface area contributed by atoms with Gasteiger partial charge in [0.1, 0.15) is 5.75 Å². The van der Waals surface area contributed by atoms with E-state index in [-0.39, 0.29) is 11.6 Å². The Kier molecular flexibility index (Phi) is 2.72. The van der Waals surface area contributed by atoms with Crippen molar-refractivity contribution in [3.05, 3.63) is 35.8 Å². The van der Waals surface area contributed by atoms with E-state index in [0.717, 1.165) is 12.1 Å². The van der Waals surface area contributed by atoms with E-state index in [1.54, 1.807) is 18.2 Å². The predicted molar refractivity (Wildman–Crippen MR) is 60.5 cm³/mol. The summed E-state index contributed by atoms with van der Waals surface area (Å²) in [5.74, 6) is 0.455. The highest BCUT2D eigenvalue weighted by molar-refractivity contribution is 5.75. The van der Waals surface area contributed by atoms with Gasteiger partial charge in [-0.25, -0.2) is 4.98 Å². The number of nitrogens with zero attached hydrogens (tertiary/aromatic N) is 1. The van der Waals surface area contributed by atoms with Crippen molar-refractivity contribution in [3.63, 3.8) is 0 Å². The van der Waals surface area contributed by atoms with Crippen LogP contribution in [-0.4, -0.2) is 21.4 Å². The molecular formula is C12H12N2O2. The first kappa shape index (κ1) is 10.4. The Balaban J connectivity index is 2.59. The number of hydrogen-bond donors (Lipinski definition) is 2. The van der Waals surface area contributed by atoms with Crippen molar-refractivity contribution in [1.82, 2.24) is 9.97 Å². The van der Waals surface area contributed by atoms with Gasteiger partial charge in [-0.05, 0) is 18.6 Å². The number of nitrogens with one attached hydrogen (secondary N) is 1. The molecule has 0 amide bonds. The van der Waals surface area contributed by atoms with Gasteiger partial charge in [0.15, 0.2) is 12.1 Å². The molecule has 2 rings (SSSR count). The van der Waals surface area contributed by atoms with Crippen LogP contribution in [0.25, 0.3) is 11.3 Å². The van der Waals surface area contributed by atoms with Crippen LogP contribution in [-0.2, 0) is 6.42 Å². The topological polar surface area (TPSA) is 66.0 Å². The zero-order valence-electron chi connectivity index (χ0n) is 8.90. The molecule has 0 radical (unpaired) electrons. The molecule has 16 heavy (non-hydrogen) atoms. The van der Waals surface area contributed by atoms with Gasteiger partial charge in [-0.3, -0.25) is 4.79 Å². The van der Waals surface area contributed by atoms with Crippen LogP contribution in [0.1, 0.15) is 23.2 Å². The Hall–Kier alpha value is -2.10. The van der Waals surface area contributed by atoms with Gasteiger partial charge in [-0.2, -0.15) is 0 Å². The normalized spacial score (nSPS) is 10.3. The predicted octanol–water partition coefficient (Wildman–Crippen LogP) is 2.16. The molecule has 2 aromatic rings. The summed E-state index contributed by atoms with van der Waals surface area (Å²) in [6, 6.07) is 6.95. The van der Waals surface area contributed by atoms with Crippen molar-refractivity contribution in [3.8, 4) is 17.0 Å². The Morgan fingerprint density at radius 1 is 1.44 bits per heavy atom. The molecule has 0 unspecified atom stereocenters. The lowest BCUT2D eigenvalue weighted by molar-refractivity contribution is 0.111. The van der Waals surface area contributed by atoms with Crippen LogP contribution in [0.15, 0.2) is 24.3 Å². The second kappa shape index (κ2) is 4.18. The summed E-state index contributed by atoms with van der Waals surface area (Å²) in [4.78, 5) is 17.7. The fraction of sp³-hybridized carbons (Fsp3) is 0.167. The number of hydrogen-bond acceptors (Lipinski definition) is 3. The van der Waals surface area contributed by atoms with Gasteiger partial charge in [0.05, 0.1) is 5.69 Å². The van der Waals surface area contributed by atoms with Crippen LogP contribution in [0.2, 0.25) is 0 Å². The molecule has 0 saturated carbocycles. The minimum absolute atomic E-state index is 0.168. The maximum atomic E-state index is 10.6. The summed E-state index contributed by atoms with van der Waals surface area (Å²) in [7, 11) is 0. The van der Waals surface area contributed by atoms with Gasteiger partial charge in [0.2, 0.25) is 0 Å². The van der Waals surface area contributed by atoms with Gasteiger partial charge < -0.3 is 10.1 Å². The molecule has 4 nitrogen and oxygen atoms in total. The molecule has 0 bridgehead atoms. The quantitative estimate of drug-likeness (QED) is 0.772. The van der Waals surface area contributed by atoms with E-state index < -0.39 is 0 Å². The van der Waals surface area contributed by atoms with Gasteiger partial charge in [-0.1, -0.05) is 19.1 Å².